The molecule has 0 unspecified atom stereocenters. The van der Waals surface area contributed by atoms with E-state index < -0.39 is 0 Å². The Bertz CT molecular complexity index is 697. The molecule has 0 aliphatic rings. The highest BCUT2D eigenvalue weighted by molar-refractivity contribution is 7.09. The molecule has 4 nitrogen and oxygen atoms in total. The van der Waals surface area contributed by atoms with E-state index in [1.807, 2.05) is 24.4 Å². The molecule has 1 heterocycles. The summed E-state index contributed by atoms with van der Waals surface area (Å²) in [6.07, 6.45) is 0. The molecule has 1 amide bonds. The second kappa shape index (κ2) is 7.02. The van der Waals surface area contributed by atoms with Gasteiger partial charge in [-0.15, -0.1) is 11.3 Å². The molecule has 5 heteroatoms. The van der Waals surface area contributed by atoms with E-state index in [1.165, 1.54) is 0 Å². The lowest BCUT2D eigenvalue weighted by Crippen LogP contribution is -2.26. The van der Waals surface area contributed by atoms with Crippen LogP contribution in [0.25, 0.3) is 0 Å². The van der Waals surface area contributed by atoms with E-state index in [9.17, 15) is 4.79 Å². The molecule has 1 aromatic carbocycles. The fraction of sp³-hybridized carbons (Fsp3) is 0.250. The number of amides is 1. The van der Waals surface area contributed by atoms with Crippen molar-refractivity contribution in [1.29, 1.82) is 0 Å². The molecule has 0 fully saturated rings. The Hall–Kier alpha value is -2.16. The summed E-state index contributed by atoms with van der Waals surface area (Å²) in [7, 11) is 1.77. The van der Waals surface area contributed by atoms with E-state index in [-0.39, 0.29) is 5.91 Å². The molecule has 2 rings (SSSR count). The van der Waals surface area contributed by atoms with Crippen LogP contribution >= 0.6 is 11.3 Å². The Kier molecular flexibility index (Phi) is 5.09. The van der Waals surface area contributed by atoms with Gasteiger partial charge in [0.15, 0.2) is 0 Å². The highest BCUT2D eigenvalue weighted by Gasteiger charge is 2.13. The van der Waals surface area contributed by atoms with Crippen molar-refractivity contribution in [2.24, 2.45) is 5.73 Å². The van der Waals surface area contributed by atoms with Gasteiger partial charge in [0.1, 0.15) is 0 Å². The Balaban J connectivity index is 2.11. The Labute approximate surface area is 128 Å². The molecular formula is C16H17N3OS. The van der Waals surface area contributed by atoms with Gasteiger partial charge in [-0.05, 0) is 25.1 Å². The zero-order valence-electron chi connectivity index (χ0n) is 12.1. The summed E-state index contributed by atoms with van der Waals surface area (Å²) < 4.78 is 0. The molecule has 0 aliphatic heterocycles. The first-order valence-corrected chi connectivity index (χ1v) is 7.43. The minimum atomic E-state index is -0.0444. The van der Waals surface area contributed by atoms with Crippen molar-refractivity contribution in [2.45, 2.75) is 13.5 Å². The number of aryl methyl sites for hydroxylation is 1. The number of benzene rings is 1. The summed E-state index contributed by atoms with van der Waals surface area (Å²) in [5.41, 5.74) is 7.68. The second-order valence-corrected chi connectivity index (χ2v) is 5.67. The van der Waals surface area contributed by atoms with E-state index in [0.717, 1.165) is 16.3 Å². The topological polar surface area (TPSA) is 59.2 Å². The number of carbonyl (C=O) groups is 1. The van der Waals surface area contributed by atoms with Crippen LogP contribution in [0, 0.1) is 18.8 Å². The van der Waals surface area contributed by atoms with E-state index in [2.05, 4.69) is 16.8 Å². The lowest BCUT2D eigenvalue weighted by Gasteiger charge is -2.16. The van der Waals surface area contributed by atoms with Gasteiger partial charge in [0.2, 0.25) is 0 Å². The van der Waals surface area contributed by atoms with E-state index in [4.69, 9.17) is 5.73 Å². The summed E-state index contributed by atoms with van der Waals surface area (Å²) in [6.45, 7) is 2.76. The number of nitrogens with two attached hydrogens (primary N) is 1. The number of thiazole rings is 1. The number of aromatic nitrogens is 1. The first-order valence-electron chi connectivity index (χ1n) is 6.55. The SMILES string of the molecule is Cc1nc(CN(C)C(=O)c2cccc(C#CCN)c2)cs1. The number of hydrogen-bond donors (Lipinski definition) is 1. The predicted molar refractivity (Wildman–Crippen MR) is 85.0 cm³/mol. The second-order valence-electron chi connectivity index (χ2n) is 4.61. The van der Waals surface area contributed by atoms with Crippen LogP contribution in [0.15, 0.2) is 29.6 Å². The minimum absolute atomic E-state index is 0.0444. The van der Waals surface area contributed by atoms with Crippen molar-refractivity contribution in [1.82, 2.24) is 9.88 Å². The fourth-order valence-electron chi connectivity index (χ4n) is 1.90. The number of carbonyl (C=O) groups excluding carboxylic acids is 1. The molecule has 2 N–H and O–H groups in total. The van der Waals surface area contributed by atoms with Gasteiger partial charge in [-0.3, -0.25) is 4.79 Å². The van der Waals surface area contributed by atoms with Gasteiger partial charge < -0.3 is 10.6 Å². The summed E-state index contributed by atoms with van der Waals surface area (Å²) in [4.78, 5) is 18.4. The third kappa shape index (κ3) is 4.15. The molecule has 1 aromatic heterocycles. The smallest absolute Gasteiger partial charge is 0.253 e. The highest BCUT2D eigenvalue weighted by Crippen LogP contribution is 2.12. The fourth-order valence-corrected chi connectivity index (χ4v) is 2.50. The van der Waals surface area contributed by atoms with Crippen LogP contribution in [0.1, 0.15) is 26.6 Å². The maximum absolute atomic E-state index is 12.4. The van der Waals surface area contributed by atoms with Gasteiger partial charge in [-0.2, -0.15) is 0 Å². The largest absolute Gasteiger partial charge is 0.336 e. The number of hydrogen-bond acceptors (Lipinski definition) is 4. The zero-order valence-corrected chi connectivity index (χ0v) is 12.9. The molecule has 21 heavy (non-hydrogen) atoms. The van der Waals surface area contributed by atoms with Crippen LogP contribution in [0.4, 0.5) is 0 Å². The maximum Gasteiger partial charge on any atom is 0.253 e. The summed E-state index contributed by atoms with van der Waals surface area (Å²) in [5.74, 6) is 5.68. The van der Waals surface area contributed by atoms with Gasteiger partial charge in [0.25, 0.3) is 5.91 Å². The maximum atomic E-state index is 12.4. The quantitative estimate of drug-likeness (QED) is 0.882. The monoisotopic (exact) mass is 299 g/mol. The lowest BCUT2D eigenvalue weighted by atomic mass is 10.1. The van der Waals surface area contributed by atoms with Crippen molar-refractivity contribution in [3.63, 3.8) is 0 Å². The van der Waals surface area contributed by atoms with Crippen LogP contribution in [0.3, 0.4) is 0 Å². The van der Waals surface area contributed by atoms with Crippen molar-refractivity contribution in [3.05, 3.63) is 51.5 Å². The summed E-state index contributed by atoms with van der Waals surface area (Å²) in [6, 6.07) is 7.27. The molecule has 0 saturated heterocycles. The van der Waals surface area contributed by atoms with Crippen LogP contribution in [0.5, 0.6) is 0 Å². The summed E-state index contributed by atoms with van der Waals surface area (Å²) >= 11 is 1.59. The average Bonchev–Trinajstić information content (AvgIpc) is 2.89. The number of nitrogens with zero attached hydrogens (tertiary/aromatic N) is 2. The summed E-state index contributed by atoms with van der Waals surface area (Å²) in [5, 5.41) is 2.98. The molecule has 0 radical (unpaired) electrons. The molecular weight excluding hydrogens is 282 g/mol. The molecule has 0 saturated carbocycles. The van der Waals surface area contributed by atoms with Gasteiger partial charge in [0, 0.05) is 23.6 Å². The van der Waals surface area contributed by atoms with Crippen LogP contribution in [-0.2, 0) is 6.54 Å². The highest BCUT2D eigenvalue weighted by atomic mass is 32.1. The van der Waals surface area contributed by atoms with Crippen molar-refractivity contribution in [2.75, 3.05) is 13.6 Å². The van der Waals surface area contributed by atoms with E-state index >= 15 is 0 Å². The lowest BCUT2D eigenvalue weighted by molar-refractivity contribution is 0.0783. The predicted octanol–water partition coefficient (Wildman–Crippen LogP) is 2.03. The van der Waals surface area contributed by atoms with Crippen LogP contribution < -0.4 is 5.73 Å². The Morgan fingerprint density at radius 3 is 2.95 bits per heavy atom. The molecule has 2 aromatic rings. The van der Waals surface area contributed by atoms with E-state index in [1.54, 1.807) is 35.4 Å². The van der Waals surface area contributed by atoms with Gasteiger partial charge >= 0.3 is 0 Å². The van der Waals surface area contributed by atoms with Crippen molar-refractivity contribution < 1.29 is 4.79 Å². The molecule has 0 atom stereocenters. The molecule has 0 aliphatic carbocycles. The zero-order chi connectivity index (χ0) is 15.2. The molecule has 0 spiro atoms. The first kappa shape index (κ1) is 15.2. The number of rotatable bonds is 3. The minimum Gasteiger partial charge on any atom is -0.336 e. The normalized spacial score (nSPS) is 9.86. The molecule has 0 bridgehead atoms. The van der Waals surface area contributed by atoms with Gasteiger partial charge in [-0.1, -0.05) is 17.9 Å². The van der Waals surface area contributed by atoms with Gasteiger partial charge in [-0.25, -0.2) is 4.98 Å². The van der Waals surface area contributed by atoms with Crippen molar-refractivity contribution >= 4 is 17.2 Å². The molecule has 108 valence electrons. The third-order valence-electron chi connectivity index (χ3n) is 2.86. The van der Waals surface area contributed by atoms with Crippen LogP contribution in [-0.4, -0.2) is 29.4 Å². The third-order valence-corrected chi connectivity index (χ3v) is 3.68. The Morgan fingerprint density at radius 2 is 2.29 bits per heavy atom. The van der Waals surface area contributed by atoms with Crippen LogP contribution in [0.2, 0.25) is 0 Å². The van der Waals surface area contributed by atoms with Gasteiger partial charge in [0.05, 0.1) is 23.8 Å². The Morgan fingerprint density at radius 1 is 1.48 bits per heavy atom. The standard InChI is InChI=1S/C16H17N3OS/c1-12-18-15(11-21-12)10-19(2)16(20)14-7-3-5-13(9-14)6-4-8-17/h3,5,7,9,11H,8,10,17H2,1-2H3. The average molecular weight is 299 g/mol. The first-order chi connectivity index (χ1) is 10.1. The van der Waals surface area contributed by atoms with E-state index in [0.29, 0.717) is 18.7 Å². The van der Waals surface area contributed by atoms with Crippen molar-refractivity contribution in [3.8, 4) is 11.8 Å².